The van der Waals surface area contributed by atoms with Gasteiger partial charge < -0.3 is 4.90 Å². The summed E-state index contributed by atoms with van der Waals surface area (Å²) in [5.41, 5.74) is 3.71. The first-order chi connectivity index (χ1) is 15.1. The van der Waals surface area contributed by atoms with Crippen molar-refractivity contribution < 1.29 is 18.0 Å². The standard InChI is InChI=1S/C22H29N5O4S/c1-16-13-25(14-17(2)27(16)18(3)28)32(30,31)26(21-7-5-4-6-8-21)15-19-9-11-20(12-10-19)22(29)24-23/h4-12,16-17H,13-15,23H2,1-3H3,(H,24,29)/t16-,17+. The first-order valence-electron chi connectivity index (χ1n) is 10.4. The number of amides is 2. The summed E-state index contributed by atoms with van der Waals surface area (Å²) < 4.78 is 30.3. The smallest absolute Gasteiger partial charge is 0.304 e. The lowest BCUT2D eigenvalue weighted by Gasteiger charge is -2.44. The van der Waals surface area contributed by atoms with Crippen LogP contribution in [-0.2, 0) is 21.5 Å². The number of nitrogens with two attached hydrogens (primary N) is 1. The van der Waals surface area contributed by atoms with Crippen molar-refractivity contribution in [1.82, 2.24) is 14.6 Å². The number of carbonyl (C=O) groups is 2. The van der Waals surface area contributed by atoms with Gasteiger partial charge in [-0.2, -0.15) is 12.7 Å². The van der Waals surface area contributed by atoms with Gasteiger partial charge in [0.15, 0.2) is 0 Å². The molecule has 2 aromatic carbocycles. The van der Waals surface area contributed by atoms with E-state index in [2.05, 4.69) is 5.43 Å². The van der Waals surface area contributed by atoms with Crippen molar-refractivity contribution in [2.24, 2.45) is 5.84 Å². The second kappa shape index (κ2) is 9.68. The normalized spacial score (nSPS) is 19.4. The van der Waals surface area contributed by atoms with Crippen LogP contribution in [0.4, 0.5) is 5.69 Å². The summed E-state index contributed by atoms with van der Waals surface area (Å²) in [6.45, 7) is 5.73. The quantitative estimate of drug-likeness (QED) is 0.386. The zero-order valence-corrected chi connectivity index (χ0v) is 19.2. The summed E-state index contributed by atoms with van der Waals surface area (Å²) in [6, 6.07) is 15.0. The highest BCUT2D eigenvalue weighted by Crippen LogP contribution is 2.26. The molecule has 0 unspecified atom stereocenters. The van der Waals surface area contributed by atoms with Crippen LogP contribution in [0.15, 0.2) is 54.6 Å². The van der Waals surface area contributed by atoms with E-state index < -0.39 is 16.1 Å². The van der Waals surface area contributed by atoms with Gasteiger partial charge in [0.2, 0.25) is 5.91 Å². The number of piperazine rings is 1. The molecule has 10 heteroatoms. The van der Waals surface area contributed by atoms with Gasteiger partial charge in [-0.1, -0.05) is 30.3 Å². The lowest BCUT2D eigenvalue weighted by molar-refractivity contribution is -0.135. The van der Waals surface area contributed by atoms with Gasteiger partial charge >= 0.3 is 10.2 Å². The van der Waals surface area contributed by atoms with Crippen molar-refractivity contribution >= 4 is 27.7 Å². The number of carbonyl (C=O) groups excluding carboxylic acids is 2. The van der Waals surface area contributed by atoms with Crippen LogP contribution in [0.1, 0.15) is 36.7 Å². The first-order valence-corrected chi connectivity index (χ1v) is 11.8. The molecule has 0 saturated carbocycles. The van der Waals surface area contributed by atoms with Crippen LogP contribution in [0, 0.1) is 0 Å². The van der Waals surface area contributed by atoms with Crippen molar-refractivity contribution in [3.05, 3.63) is 65.7 Å². The van der Waals surface area contributed by atoms with Crippen molar-refractivity contribution in [1.29, 1.82) is 0 Å². The van der Waals surface area contributed by atoms with Gasteiger partial charge in [-0.25, -0.2) is 5.84 Å². The Labute approximate surface area is 188 Å². The number of hydrogen-bond donors (Lipinski definition) is 2. The second-order valence-electron chi connectivity index (χ2n) is 7.96. The van der Waals surface area contributed by atoms with Crippen LogP contribution in [0.2, 0.25) is 0 Å². The molecule has 172 valence electrons. The number of anilines is 1. The molecule has 2 aromatic rings. The third-order valence-electron chi connectivity index (χ3n) is 5.57. The lowest BCUT2D eigenvalue weighted by atomic mass is 10.1. The van der Waals surface area contributed by atoms with Gasteiger partial charge in [0.05, 0.1) is 12.2 Å². The Bertz CT molecular complexity index is 1050. The van der Waals surface area contributed by atoms with E-state index in [0.29, 0.717) is 11.3 Å². The Morgan fingerprint density at radius 3 is 2.09 bits per heavy atom. The van der Waals surface area contributed by atoms with Gasteiger partial charge in [0.25, 0.3) is 5.91 Å². The fourth-order valence-corrected chi connectivity index (χ4v) is 5.92. The molecule has 0 spiro atoms. The van der Waals surface area contributed by atoms with E-state index in [4.69, 9.17) is 5.84 Å². The molecular formula is C22H29N5O4S. The molecule has 9 nitrogen and oxygen atoms in total. The van der Waals surface area contributed by atoms with Crippen LogP contribution < -0.4 is 15.6 Å². The molecule has 1 saturated heterocycles. The largest absolute Gasteiger partial charge is 0.335 e. The maximum absolute atomic E-state index is 13.7. The molecule has 1 aliphatic heterocycles. The molecule has 0 aromatic heterocycles. The van der Waals surface area contributed by atoms with E-state index in [1.165, 1.54) is 15.5 Å². The average molecular weight is 460 g/mol. The van der Waals surface area contributed by atoms with Crippen LogP contribution in [-0.4, -0.2) is 54.6 Å². The molecule has 1 fully saturated rings. The predicted molar refractivity (Wildman–Crippen MR) is 123 cm³/mol. The number of nitrogen functional groups attached to an aromatic ring is 1. The van der Waals surface area contributed by atoms with Crippen molar-refractivity contribution in [3.8, 4) is 0 Å². The Balaban J connectivity index is 1.92. The summed E-state index contributed by atoms with van der Waals surface area (Å²) in [5, 5.41) is 0. The minimum Gasteiger partial charge on any atom is -0.335 e. The summed E-state index contributed by atoms with van der Waals surface area (Å²) in [4.78, 5) is 25.4. The van der Waals surface area contributed by atoms with Crippen molar-refractivity contribution in [2.45, 2.75) is 39.4 Å². The highest BCUT2D eigenvalue weighted by molar-refractivity contribution is 7.90. The molecule has 1 aliphatic rings. The molecule has 2 amide bonds. The Kier molecular flexibility index (Phi) is 7.17. The van der Waals surface area contributed by atoms with Gasteiger partial charge in [-0.15, -0.1) is 0 Å². The minimum atomic E-state index is -3.89. The highest BCUT2D eigenvalue weighted by Gasteiger charge is 2.39. The zero-order chi connectivity index (χ0) is 23.5. The number of nitrogens with one attached hydrogen (secondary N) is 1. The fraction of sp³-hybridized carbons (Fsp3) is 0.364. The van der Waals surface area contributed by atoms with Crippen LogP contribution in [0.3, 0.4) is 0 Å². The number of benzene rings is 2. The number of hydrogen-bond acceptors (Lipinski definition) is 5. The van der Waals surface area contributed by atoms with Crippen molar-refractivity contribution in [3.63, 3.8) is 0 Å². The summed E-state index contributed by atoms with van der Waals surface area (Å²) >= 11 is 0. The van der Waals surface area contributed by atoms with Gasteiger partial charge in [0.1, 0.15) is 0 Å². The average Bonchev–Trinajstić information content (AvgIpc) is 2.77. The summed E-state index contributed by atoms with van der Waals surface area (Å²) in [7, 11) is -3.89. The van der Waals surface area contributed by atoms with Gasteiger partial charge in [-0.05, 0) is 43.7 Å². The van der Waals surface area contributed by atoms with E-state index in [9.17, 15) is 18.0 Å². The first kappa shape index (κ1) is 23.7. The maximum Gasteiger partial charge on any atom is 0.304 e. The highest BCUT2D eigenvalue weighted by atomic mass is 32.2. The van der Waals surface area contributed by atoms with E-state index in [-0.39, 0.29) is 37.6 Å². The third kappa shape index (κ3) is 4.93. The lowest BCUT2D eigenvalue weighted by Crippen LogP contribution is -2.61. The fourth-order valence-electron chi connectivity index (χ4n) is 4.13. The number of hydrazine groups is 1. The van der Waals surface area contributed by atoms with E-state index in [1.54, 1.807) is 53.4 Å². The molecule has 3 N–H and O–H groups in total. The topological polar surface area (TPSA) is 116 Å². The van der Waals surface area contributed by atoms with Crippen molar-refractivity contribution in [2.75, 3.05) is 17.4 Å². The number of rotatable bonds is 6. The molecule has 0 bridgehead atoms. The van der Waals surface area contributed by atoms with Crippen LogP contribution in [0.25, 0.3) is 0 Å². The minimum absolute atomic E-state index is 0.0661. The molecule has 0 aliphatic carbocycles. The molecule has 0 radical (unpaired) electrons. The summed E-state index contributed by atoms with van der Waals surface area (Å²) in [5.74, 6) is 4.69. The second-order valence-corrected chi connectivity index (χ2v) is 9.81. The van der Waals surface area contributed by atoms with Crippen LogP contribution >= 0.6 is 0 Å². The van der Waals surface area contributed by atoms with Gasteiger partial charge in [-0.3, -0.25) is 19.3 Å². The third-order valence-corrected chi connectivity index (χ3v) is 7.42. The van der Waals surface area contributed by atoms with E-state index in [0.717, 1.165) is 5.56 Å². The SMILES string of the molecule is CC(=O)N1[C@H](C)CN(S(=O)(=O)N(Cc2ccc(C(=O)NN)cc2)c2ccccc2)C[C@@H]1C. The molecular weight excluding hydrogens is 430 g/mol. The number of nitrogens with zero attached hydrogens (tertiary/aromatic N) is 3. The Morgan fingerprint density at radius 1 is 1.03 bits per heavy atom. The number of para-hydroxylation sites is 1. The van der Waals surface area contributed by atoms with E-state index in [1.807, 2.05) is 19.9 Å². The summed E-state index contributed by atoms with van der Waals surface area (Å²) in [6.07, 6.45) is 0. The van der Waals surface area contributed by atoms with E-state index >= 15 is 0 Å². The Morgan fingerprint density at radius 2 is 1.59 bits per heavy atom. The zero-order valence-electron chi connectivity index (χ0n) is 18.4. The predicted octanol–water partition coefficient (Wildman–Crippen LogP) is 1.48. The maximum atomic E-state index is 13.7. The molecule has 3 rings (SSSR count). The molecule has 32 heavy (non-hydrogen) atoms. The molecule has 1 heterocycles. The monoisotopic (exact) mass is 459 g/mol. The Hall–Kier alpha value is -2.95. The van der Waals surface area contributed by atoms with Gasteiger partial charge in [0, 0.05) is 37.7 Å². The molecule has 2 atom stereocenters. The van der Waals surface area contributed by atoms with Crippen LogP contribution in [0.5, 0.6) is 0 Å².